The Balaban J connectivity index is 1.25. The summed E-state index contributed by atoms with van der Waals surface area (Å²) in [6, 6.07) is 67.0. The van der Waals surface area contributed by atoms with Crippen molar-refractivity contribution in [1.29, 1.82) is 0 Å². The smallest absolute Gasteiger partial charge is 0.000764 e. The predicted molar refractivity (Wildman–Crippen MR) is 205 cm³/mol. The van der Waals surface area contributed by atoms with Gasteiger partial charge in [0.05, 0.1) is 0 Å². The van der Waals surface area contributed by atoms with Crippen molar-refractivity contribution >= 4 is 32.3 Å². The van der Waals surface area contributed by atoms with E-state index in [-0.39, 0.29) is 0 Å². The predicted octanol–water partition coefficient (Wildman–Crippen LogP) is 13.5. The van der Waals surface area contributed by atoms with Gasteiger partial charge in [0.25, 0.3) is 0 Å². The van der Waals surface area contributed by atoms with E-state index >= 15 is 0 Å². The summed E-state index contributed by atoms with van der Waals surface area (Å²) in [5, 5.41) is 7.77. The van der Waals surface area contributed by atoms with Gasteiger partial charge in [-0.25, -0.2) is 0 Å². The Bertz CT molecular complexity index is 2680. The summed E-state index contributed by atoms with van der Waals surface area (Å²) in [5.74, 6) is 0. The van der Waals surface area contributed by atoms with Gasteiger partial charge in [-0.3, -0.25) is 0 Å². The molecular weight excluding hydrogens is 577 g/mol. The lowest BCUT2D eigenvalue weighted by molar-refractivity contribution is 1.56. The highest BCUT2D eigenvalue weighted by Gasteiger charge is 2.30. The standard InChI is InChI=1S/C48H30/c1-3-13-31(14-4-1)44-30-43(33-27-25-32(26-28-33)42-29-36-17-7-8-20-37(36)38-21-9-10-22-39(38)42)46(35-15-5-2-6-16-35)48-41-24-12-19-34-18-11-23-40(45(34)41)47(44)48/h1-30H. The molecule has 0 radical (unpaired) electrons. The van der Waals surface area contributed by atoms with E-state index < -0.39 is 0 Å². The van der Waals surface area contributed by atoms with Crippen LogP contribution in [0.2, 0.25) is 0 Å². The third kappa shape index (κ3) is 4.03. The topological polar surface area (TPSA) is 0 Å². The molecule has 0 aliphatic heterocycles. The molecule has 0 saturated heterocycles. The van der Waals surface area contributed by atoms with Crippen LogP contribution in [-0.4, -0.2) is 0 Å². The van der Waals surface area contributed by atoms with Crippen LogP contribution in [-0.2, 0) is 0 Å². The van der Waals surface area contributed by atoms with E-state index in [2.05, 4.69) is 182 Å². The van der Waals surface area contributed by atoms with Gasteiger partial charge in [-0.1, -0.05) is 170 Å². The van der Waals surface area contributed by atoms with E-state index in [4.69, 9.17) is 0 Å². The van der Waals surface area contributed by atoms with Crippen LogP contribution in [0.4, 0.5) is 0 Å². The molecule has 0 saturated carbocycles. The van der Waals surface area contributed by atoms with Gasteiger partial charge in [-0.2, -0.15) is 0 Å². The first-order valence-corrected chi connectivity index (χ1v) is 16.7. The molecule has 0 heterocycles. The molecule has 10 rings (SSSR count). The molecule has 0 unspecified atom stereocenters. The van der Waals surface area contributed by atoms with Crippen molar-refractivity contribution in [2.24, 2.45) is 0 Å². The zero-order valence-corrected chi connectivity index (χ0v) is 26.3. The first-order valence-electron chi connectivity index (χ1n) is 16.7. The summed E-state index contributed by atoms with van der Waals surface area (Å²) in [4.78, 5) is 0. The van der Waals surface area contributed by atoms with Gasteiger partial charge in [-0.15, -0.1) is 0 Å². The molecule has 0 bridgehead atoms. The van der Waals surface area contributed by atoms with E-state index in [0.717, 1.165) is 0 Å². The Morgan fingerprint density at radius 3 is 1.44 bits per heavy atom. The fourth-order valence-corrected chi connectivity index (χ4v) is 8.09. The lowest BCUT2D eigenvalue weighted by atomic mass is 9.82. The quantitative estimate of drug-likeness (QED) is 0.175. The number of hydrogen-bond donors (Lipinski definition) is 0. The first kappa shape index (κ1) is 26.9. The maximum Gasteiger partial charge on any atom is -0.000764 e. The van der Waals surface area contributed by atoms with E-state index in [1.54, 1.807) is 0 Å². The molecule has 0 fully saturated rings. The van der Waals surface area contributed by atoms with Crippen molar-refractivity contribution in [2.75, 3.05) is 0 Å². The summed E-state index contributed by atoms with van der Waals surface area (Å²) >= 11 is 0. The Labute approximate surface area is 280 Å². The maximum atomic E-state index is 2.45. The van der Waals surface area contributed by atoms with Gasteiger partial charge in [-0.05, 0) is 111 Å². The Kier molecular flexibility index (Phi) is 5.98. The minimum atomic E-state index is 1.21. The van der Waals surface area contributed by atoms with E-state index in [0.29, 0.717) is 0 Å². The van der Waals surface area contributed by atoms with Gasteiger partial charge >= 0.3 is 0 Å². The molecule has 48 heavy (non-hydrogen) atoms. The second-order valence-corrected chi connectivity index (χ2v) is 12.8. The number of benzene rings is 9. The summed E-state index contributed by atoms with van der Waals surface area (Å²) < 4.78 is 0. The highest BCUT2D eigenvalue weighted by Crippen LogP contribution is 2.57. The number of rotatable bonds is 4. The van der Waals surface area contributed by atoms with Crippen molar-refractivity contribution in [3.8, 4) is 66.8 Å². The summed E-state index contributed by atoms with van der Waals surface area (Å²) in [6.07, 6.45) is 0. The van der Waals surface area contributed by atoms with Crippen molar-refractivity contribution in [3.63, 3.8) is 0 Å². The van der Waals surface area contributed by atoms with Crippen LogP contribution in [0.1, 0.15) is 0 Å². The molecular formula is C48H30. The van der Waals surface area contributed by atoms with Gasteiger partial charge in [0.15, 0.2) is 0 Å². The van der Waals surface area contributed by atoms with Crippen LogP contribution >= 0.6 is 0 Å². The average molecular weight is 607 g/mol. The van der Waals surface area contributed by atoms with Crippen molar-refractivity contribution in [1.82, 2.24) is 0 Å². The van der Waals surface area contributed by atoms with Gasteiger partial charge in [0.2, 0.25) is 0 Å². The summed E-state index contributed by atoms with van der Waals surface area (Å²) in [5.41, 5.74) is 15.3. The van der Waals surface area contributed by atoms with Crippen LogP contribution in [0, 0.1) is 0 Å². The molecule has 0 aromatic heterocycles. The maximum absolute atomic E-state index is 2.45. The molecule has 0 atom stereocenters. The minimum absolute atomic E-state index is 1.21. The third-order valence-electron chi connectivity index (χ3n) is 10.2. The zero-order chi connectivity index (χ0) is 31.6. The Morgan fingerprint density at radius 2 is 0.729 bits per heavy atom. The van der Waals surface area contributed by atoms with Crippen LogP contribution < -0.4 is 0 Å². The second kappa shape index (κ2) is 10.7. The highest BCUT2D eigenvalue weighted by molar-refractivity contribution is 6.23. The van der Waals surface area contributed by atoms with Crippen LogP contribution in [0.25, 0.3) is 99.1 Å². The highest BCUT2D eigenvalue weighted by atomic mass is 14.3. The molecule has 1 aliphatic carbocycles. The lowest BCUT2D eigenvalue weighted by Crippen LogP contribution is -1.94. The largest absolute Gasteiger partial charge is 0.0622 e. The molecule has 0 spiro atoms. The molecule has 1 aliphatic rings. The van der Waals surface area contributed by atoms with Crippen molar-refractivity contribution in [2.45, 2.75) is 0 Å². The normalized spacial score (nSPS) is 11.8. The lowest BCUT2D eigenvalue weighted by Gasteiger charge is -2.21. The minimum Gasteiger partial charge on any atom is -0.0622 e. The molecule has 0 amide bonds. The Morgan fingerprint density at radius 1 is 0.229 bits per heavy atom. The fraction of sp³-hybridized carbons (Fsp3) is 0. The monoisotopic (exact) mass is 606 g/mol. The van der Waals surface area contributed by atoms with E-state index in [1.165, 1.54) is 99.1 Å². The fourth-order valence-electron chi connectivity index (χ4n) is 8.09. The molecule has 0 heteroatoms. The van der Waals surface area contributed by atoms with Crippen LogP contribution in [0.3, 0.4) is 0 Å². The number of fused-ring (bicyclic) bond motifs is 6. The molecule has 0 nitrogen and oxygen atoms in total. The summed E-state index contributed by atoms with van der Waals surface area (Å²) in [7, 11) is 0. The molecule has 222 valence electrons. The van der Waals surface area contributed by atoms with Crippen molar-refractivity contribution < 1.29 is 0 Å². The third-order valence-corrected chi connectivity index (χ3v) is 10.2. The molecule has 9 aromatic rings. The van der Waals surface area contributed by atoms with Gasteiger partial charge in [0.1, 0.15) is 0 Å². The second-order valence-electron chi connectivity index (χ2n) is 12.8. The van der Waals surface area contributed by atoms with Gasteiger partial charge < -0.3 is 0 Å². The SMILES string of the molecule is c1ccc(-c2cc(-c3ccc(-c4cc5ccccc5c5ccccc45)cc3)c(-c3ccccc3)c3c2-c2cccc4cccc-3c24)cc1. The zero-order valence-electron chi connectivity index (χ0n) is 26.3. The molecule has 0 N–H and O–H groups in total. The summed E-state index contributed by atoms with van der Waals surface area (Å²) in [6.45, 7) is 0. The first-order chi connectivity index (χ1) is 23.8. The van der Waals surface area contributed by atoms with Gasteiger partial charge in [0, 0.05) is 0 Å². The Hall–Kier alpha value is -6.24. The van der Waals surface area contributed by atoms with E-state index in [9.17, 15) is 0 Å². The molecule has 9 aromatic carbocycles. The number of hydrogen-bond acceptors (Lipinski definition) is 0. The van der Waals surface area contributed by atoms with E-state index in [1.807, 2.05) is 0 Å². The van der Waals surface area contributed by atoms with Crippen molar-refractivity contribution in [3.05, 3.63) is 182 Å². The average Bonchev–Trinajstić information content (AvgIpc) is 3.50. The van der Waals surface area contributed by atoms with Crippen LogP contribution in [0.15, 0.2) is 182 Å². The van der Waals surface area contributed by atoms with Crippen LogP contribution in [0.5, 0.6) is 0 Å².